The SMILES string of the molecule is COC(C)(C)CCC(NN)c1cnc2ccsc2c1. The van der Waals surface area contributed by atoms with E-state index < -0.39 is 0 Å². The van der Waals surface area contributed by atoms with Gasteiger partial charge in [0.25, 0.3) is 0 Å². The zero-order valence-corrected chi connectivity index (χ0v) is 12.5. The molecule has 2 aromatic heterocycles. The highest BCUT2D eigenvalue weighted by Crippen LogP contribution is 2.27. The van der Waals surface area contributed by atoms with Gasteiger partial charge >= 0.3 is 0 Å². The first-order valence-corrected chi connectivity index (χ1v) is 7.28. The van der Waals surface area contributed by atoms with Gasteiger partial charge in [-0.25, -0.2) is 0 Å². The van der Waals surface area contributed by atoms with Crippen LogP contribution >= 0.6 is 11.3 Å². The fraction of sp³-hybridized carbons (Fsp3) is 0.500. The molecule has 0 bridgehead atoms. The molecule has 0 fully saturated rings. The van der Waals surface area contributed by atoms with Crippen LogP contribution in [0.4, 0.5) is 0 Å². The van der Waals surface area contributed by atoms with E-state index in [-0.39, 0.29) is 11.6 Å². The molecular weight excluding hydrogens is 258 g/mol. The normalized spacial score (nSPS) is 13.9. The molecule has 1 unspecified atom stereocenters. The molecule has 2 heterocycles. The third kappa shape index (κ3) is 3.51. The second kappa shape index (κ2) is 5.96. The zero-order valence-electron chi connectivity index (χ0n) is 11.6. The second-order valence-corrected chi connectivity index (χ2v) is 6.24. The van der Waals surface area contributed by atoms with Gasteiger partial charge in [0.2, 0.25) is 0 Å². The second-order valence-electron chi connectivity index (χ2n) is 5.29. The van der Waals surface area contributed by atoms with Gasteiger partial charge in [-0.1, -0.05) is 0 Å². The molecule has 2 rings (SSSR count). The van der Waals surface area contributed by atoms with Crippen molar-refractivity contribution in [3.05, 3.63) is 29.3 Å². The van der Waals surface area contributed by atoms with Crippen molar-refractivity contribution in [2.75, 3.05) is 7.11 Å². The molecule has 0 aliphatic carbocycles. The average Bonchev–Trinajstić information content (AvgIpc) is 2.87. The molecule has 0 spiro atoms. The fourth-order valence-corrected chi connectivity index (χ4v) is 2.78. The van der Waals surface area contributed by atoms with Crippen LogP contribution in [0, 0.1) is 0 Å². The number of nitrogens with zero attached hydrogens (tertiary/aromatic N) is 1. The number of hydrogen-bond donors (Lipinski definition) is 2. The van der Waals surface area contributed by atoms with Crippen molar-refractivity contribution in [1.82, 2.24) is 10.4 Å². The van der Waals surface area contributed by atoms with Crippen LogP contribution in [0.5, 0.6) is 0 Å². The molecule has 1 atom stereocenters. The lowest BCUT2D eigenvalue weighted by Gasteiger charge is -2.25. The molecule has 4 nitrogen and oxygen atoms in total. The summed E-state index contributed by atoms with van der Waals surface area (Å²) in [6.45, 7) is 4.17. The molecule has 3 N–H and O–H groups in total. The van der Waals surface area contributed by atoms with Crippen LogP contribution in [0.1, 0.15) is 38.3 Å². The van der Waals surface area contributed by atoms with Crippen molar-refractivity contribution in [3.8, 4) is 0 Å². The minimum Gasteiger partial charge on any atom is -0.379 e. The Labute approximate surface area is 118 Å². The molecule has 104 valence electrons. The lowest BCUT2D eigenvalue weighted by molar-refractivity contribution is 0.0117. The van der Waals surface area contributed by atoms with Gasteiger partial charge < -0.3 is 4.74 Å². The maximum absolute atomic E-state index is 5.68. The van der Waals surface area contributed by atoms with Crippen molar-refractivity contribution in [1.29, 1.82) is 0 Å². The maximum atomic E-state index is 5.68. The predicted molar refractivity (Wildman–Crippen MR) is 80.0 cm³/mol. The van der Waals surface area contributed by atoms with Crippen LogP contribution in [-0.2, 0) is 4.74 Å². The standard InChI is InChI=1S/C14H21N3OS/c1-14(2,18-3)6-4-11(17-15)10-8-13-12(16-9-10)5-7-19-13/h5,7-9,11,17H,4,6,15H2,1-3H3. The summed E-state index contributed by atoms with van der Waals surface area (Å²) in [6, 6.07) is 4.30. The first-order valence-electron chi connectivity index (χ1n) is 6.40. The van der Waals surface area contributed by atoms with Gasteiger partial charge in [0.05, 0.1) is 15.8 Å². The molecule has 2 aromatic rings. The topological polar surface area (TPSA) is 60.2 Å². The summed E-state index contributed by atoms with van der Waals surface area (Å²) in [5, 5.41) is 2.06. The van der Waals surface area contributed by atoms with E-state index in [2.05, 4.69) is 35.7 Å². The van der Waals surface area contributed by atoms with Crippen molar-refractivity contribution in [2.45, 2.75) is 38.3 Å². The third-order valence-corrected chi connectivity index (χ3v) is 4.37. The Morgan fingerprint density at radius 3 is 3.00 bits per heavy atom. The number of hydrogen-bond acceptors (Lipinski definition) is 5. The van der Waals surface area contributed by atoms with E-state index in [9.17, 15) is 0 Å². The van der Waals surface area contributed by atoms with E-state index in [4.69, 9.17) is 10.6 Å². The van der Waals surface area contributed by atoms with Crippen LogP contribution in [-0.4, -0.2) is 17.7 Å². The monoisotopic (exact) mass is 279 g/mol. The Morgan fingerprint density at radius 2 is 2.32 bits per heavy atom. The minimum atomic E-state index is -0.129. The fourth-order valence-electron chi connectivity index (χ4n) is 1.99. The van der Waals surface area contributed by atoms with E-state index >= 15 is 0 Å². The lowest BCUT2D eigenvalue weighted by Crippen LogP contribution is -2.31. The molecule has 0 amide bonds. The third-order valence-electron chi connectivity index (χ3n) is 3.52. The number of nitrogens with two attached hydrogens (primary N) is 1. The van der Waals surface area contributed by atoms with Crippen LogP contribution < -0.4 is 11.3 Å². The Morgan fingerprint density at radius 1 is 1.53 bits per heavy atom. The number of pyridine rings is 1. The van der Waals surface area contributed by atoms with Gasteiger partial charge in [0.1, 0.15) is 0 Å². The van der Waals surface area contributed by atoms with Gasteiger partial charge in [-0.05, 0) is 49.8 Å². The number of fused-ring (bicyclic) bond motifs is 1. The van der Waals surface area contributed by atoms with Gasteiger partial charge in [0, 0.05) is 19.3 Å². The van der Waals surface area contributed by atoms with E-state index in [1.54, 1.807) is 18.4 Å². The van der Waals surface area contributed by atoms with E-state index in [0.29, 0.717) is 0 Å². The zero-order chi connectivity index (χ0) is 13.9. The summed E-state index contributed by atoms with van der Waals surface area (Å²) >= 11 is 1.70. The molecular formula is C14H21N3OS. The van der Waals surface area contributed by atoms with Crippen molar-refractivity contribution in [3.63, 3.8) is 0 Å². The van der Waals surface area contributed by atoms with Gasteiger partial charge in [-0.15, -0.1) is 11.3 Å². The molecule has 0 radical (unpaired) electrons. The van der Waals surface area contributed by atoms with Crippen LogP contribution in [0.15, 0.2) is 23.7 Å². The van der Waals surface area contributed by atoms with E-state index in [0.717, 1.165) is 23.9 Å². The Bertz CT molecular complexity index is 538. The quantitative estimate of drug-likeness (QED) is 0.630. The highest BCUT2D eigenvalue weighted by Gasteiger charge is 2.20. The largest absolute Gasteiger partial charge is 0.379 e. The molecule has 0 saturated carbocycles. The molecule has 0 saturated heterocycles. The summed E-state index contributed by atoms with van der Waals surface area (Å²) in [5.41, 5.74) is 4.92. The maximum Gasteiger partial charge on any atom is 0.0809 e. The lowest BCUT2D eigenvalue weighted by atomic mass is 9.96. The highest BCUT2D eigenvalue weighted by molar-refractivity contribution is 7.17. The minimum absolute atomic E-state index is 0.105. The number of nitrogens with one attached hydrogen (secondary N) is 1. The predicted octanol–water partition coefficient (Wildman–Crippen LogP) is 3.01. The van der Waals surface area contributed by atoms with E-state index in [1.165, 1.54) is 4.70 Å². The molecule has 19 heavy (non-hydrogen) atoms. The Kier molecular flexibility index (Phi) is 4.52. The summed E-state index contributed by atoms with van der Waals surface area (Å²) in [7, 11) is 1.74. The average molecular weight is 279 g/mol. The molecule has 0 aliphatic rings. The van der Waals surface area contributed by atoms with Crippen LogP contribution in [0.2, 0.25) is 0 Å². The number of methoxy groups -OCH3 is 1. The number of rotatable bonds is 6. The Balaban J connectivity index is 2.12. The van der Waals surface area contributed by atoms with Crippen molar-refractivity contribution >= 4 is 21.6 Å². The summed E-state index contributed by atoms with van der Waals surface area (Å²) in [5.74, 6) is 5.68. The van der Waals surface area contributed by atoms with Crippen LogP contribution in [0.25, 0.3) is 10.2 Å². The van der Waals surface area contributed by atoms with Crippen molar-refractivity contribution < 1.29 is 4.74 Å². The first-order chi connectivity index (χ1) is 9.05. The van der Waals surface area contributed by atoms with Crippen LogP contribution in [0.3, 0.4) is 0 Å². The van der Waals surface area contributed by atoms with E-state index in [1.807, 2.05) is 12.3 Å². The smallest absolute Gasteiger partial charge is 0.0809 e. The number of hydrazine groups is 1. The number of ether oxygens (including phenoxy) is 1. The molecule has 5 heteroatoms. The summed E-state index contributed by atoms with van der Waals surface area (Å²) in [4.78, 5) is 4.46. The molecule has 0 aliphatic heterocycles. The Hall–Kier alpha value is -1.01. The summed E-state index contributed by atoms with van der Waals surface area (Å²) < 4.78 is 6.64. The summed E-state index contributed by atoms with van der Waals surface area (Å²) in [6.07, 6.45) is 3.75. The molecule has 0 aromatic carbocycles. The van der Waals surface area contributed by atoms with Crippen molar-refractivity contribution in [2.24, 2.45) is 5.84 Å². The van der Waals surface area contributed by atoms with Gasteiger partial charge in [-0.3, -0.25) is 16.3 Å². The number of thiophene rings is 1. The van der Waals surface area contributed by atoms with Gasteiger partial charge in [-0.2, -0.15) is 0 Å². The highest BCUT2D eigenvalue weighted by atomic mass is 32.1. The number of aromatic nitrogens is 1. The first kappa shape index (κ1) is 14.4. The van der Waals surface area contributed by atoms with Gasteiger partial charge in [0.15, 0.2) is 0 Å².